The van der Waals surface area contributed by atoms with Crippen molar-refractivity contribution in [2.45, 2.75) is 6.61 Å². The quantitative estimate of drug-likeness (QED) is 0.405. The number of benzene rings is 2. The number of methoxy groups -OCH3 is 1. The van der Waals surface area contributed by atoms with Crippen molar-refractivity contribution in [2.75, 3.05) is 7.11 Å². The predicted molar refractivity (Wildman–Crippen MR) is 124 cm³/mol. The molecule has 6 heteroatoms. The number of halogens is 1. The van der Waals surface area contributed by atoms with E-state index in [-0.39, 0.29) is 5.56 Å². The molecule has 5 nitrogen and oxygen atoms in total. The molecule has 0 unspecified atom stereocenters. The van der Waals surface area contributed by atoms with Gasteiger partial charge in [0.15, 0.2) is 0 Å². The van der Waals surface area contributed by atoms with Crippen LogP contribution in [-0.2, 0) is 11.3 Å². The molecule has 0 aliphatic carbocycles. The lowest BCUT2D eigenvalue weighted by molar-refractivity contribution is 0.186. The van der Waals surface area contributed by atoms with Crippen LogP contribution in [0.4, 0.5) is 0 Å². The SMILES string of the molecule is COCc1c(-c2cc(Cl)c3ncccc3c2)c(-c2ccccc2)nc2[nH]c(=O)ccc12. The molecule has 3 heterocycles. The highest BCUT2D eigenvalue weighted by Gasteiger charge is 2.20. The molecule has 3 aromatic heterocycles. The van der Waals surface area contributed by atoms with E-state index in [0.717, 1.165) is 44.2 Å². The van der Waals surface area contributed by atoms with Gasteiger partial charge in [0.1, 0.15) is 5.65 Å². The molecule has 0 atom stereocenters. The molecular weight excluding hydrogens is 410 g/mol. The van der Waals surface area contributed by atoms with Gasteiger partial charge in [0, 0.05) is 41.3 Å². The molecular formula is C25H18ClN3O2. The fraction of sp³-hybridized carbons (Fsp3) is 0.0800. The van der Waals surface area contributed by atoms with Gasteiger partial charge in [0.2, 0.25) is 5.56 Å². The zero-order valence-electron chi connectivity index (χ0n) is 16.7. The third-order valence-corrected chi connectivity index (χ3v) is 5.56. The molecule has 0 spiro atoms. The highest BCUT2D eigenvalue weighted by Crippen LogP contribution is 2.39. The number of hydrogen-bond donors (Lipinski definition) is 1. The Balaban J connectivity index is 1.93. The van der Waals surface area contributed by atoms with Crippen LogP contribution in [0.1, 0.15) is 5.56 Å². The van der Waals surface area contributed by atoms with Crippen molar-refractivity contribution >= 4 is 33.5 Å². The molecule has 31 heavy (non-hydrogen) atoms. The standard InChI is InChI=1S/C25H18ClN3O2/c1-31-14-19-18-9-10-21(30)28-25(18)29-24(15-6-3-2-4-7-15)22(19)17-12-16-8-5-11-27-23(16)20(26)13-17/h2-13H,14H2,1H3,(H,28,29,30). The van der Waals surface area contributed by atoms with Gasteiger partial charge < -0.3 is 9.72 Å². The Hall–Kier alpha value is -3.54. The van der Waals surface area contributed by atoms with Gasteiger partial charge in [0.25, 0.3) is 0 Å². The van der Waals surface area contributed by atoms with Gasteiger partial charge in [-0.2, -0.15) is 0 Å². The third-order valence-electron chi connectivity index (χ3n) is 5.27. The number of aromatic nitrogens is 3. The van der Waals surface area contributed by atoms with Gasteiger partial charge >= 0.3 is 0 Å². The Morgan fingerprint density at radius 1 is 1.00 bits per heavy atom. The second-order valence-electron chi connectivity index (χ2n) is 7.23. The van der Waals surface area contributed by atoms with Gasteiger partial charge in [-0.1, -0.05) is 48.0 Å². The van der Waals surface area contributed by atoms with Crippen molar-refractivity contribution < 1.29 is 4.74 Å². The number of nitrogens with zero attached hydrogens (tertiary/aromatic N) is 2. The first-order chi connectivity index (χ1) is 15.2. The maximum absolute atomic E-state index is 12.0. The van der Waals surface area contributed by atoms with Crippen molar-refractivity contribution in [1.82, 2.24) is 15.0 Å². The predicted octanol–water partition coefficient (Wildman–Crippen LogP) is 5.61. The van der Waals surface area contributed by atoms with Crippen LogP contribution in [-0.4, -0.2) is 22.1 Å². The fourth-order valence-electron chi connectivity index (χ4n) is 3.94. The number of fused-ring (bicyclic) bond motifs is 2. The molecule has 152 valence electrons. The fourth-order valence-corrected chi connectivity index (χ4v) is 4.22. The Morgan fingerprint density at radius 2 is 1.84 bits per heavy atom. The highest BCUT2D eigenvalue weighted by atomic mass is 35.5. The van der Waals surface area contributed by atoms with Crippen LogP contribution in [0.5, 0.6) is 0 Å². The normalized spacial score (nSPS) is 11.3. The second kappa shape index (κ2) is 7.95. The number of pyridine rings is 3. The smallest absolute Gasteiger partial charge is 0.249 e. The van der Waals surface area contributed by atoms with Gasteiger partial charge in [-0.15, -0.1) is 0 Å². The summed E-state index contributed by atoms with van der Waals surface area (Å²) in [6, 6.07) is 21.0. The van der Waals surface area contributed by atoms with Crippen molar-refractivity contribution in [3.63, 3.8) is 0 Å². The zero-order chi connectivity index (χ0) is 21.4. The molecule has 0 saturated heterocycles. The molecule has 1 N–H and O–H groups in total. The number of H-pyrrole nitrogens is 1. The van der Waals surface area contributed by atoms with Crippen molar-refractivity contribution in [1.29, 1.82) is 0 Å². The third kappa shape index (κ3) is 3.48. The van der Waals surface area contributed by atoms with Crippen LogP contribution in [0.25, 0.3) is 44.3 Å². The minimum atomic E-state index is -0.199. The summed E-state index contributed by atoms with van der Waals surface area (Å²) in [5, 5.41) is 2.34. The number of aromatic amines is 1. The van der Waals surface area contributed by atoms with Gasteiger partial charge in [-0.3, -0.25) is 9.78 Å². The lowest BCUT2D eigenvalue weighted by Crippen LogP contribution is -2.08. The van der Waals surface area contributed by atoms with Crippen LogP contribution in [0.15, 0.2) is 77.7 Å². The Kier molecular flexibility index (Phi) is 4.98. The van der Waals surface area contributed by atoms with E-state index in [2.05, 4.69) is 16.0 Å². The van der Waals surface area contributed by atoms with E-state index in [9.17, 15) is 4.79 Å². The summed E-state index contributed by atoms with van der Waals surface area (Å²) in [6.45, 7) is 0.350. The van der Waals surface area contributed by atoms with Gasteiger partial charge in [0.05, 0.1) is 22.8 Å². The Morgan fingerprint density at radius 3 is 2.65 bits per heavy atom. The lowest BCUT2D eigenvalue weighted by Gasteiger charge is -2.18. The highest BCUT2D eigenvalue weighted by molar-refractivity contribution is 6.35. The molecule has 2 aromatic carbocycles. The molecule has 0 aliphatic heterocycles. The first-order valence-corrected chi connectivity index (χ1v) is 10.2. The molecule has 5 aromatic rings. The topological polar surface area (TPSA) is 67.9 Å². The van der Waals surface area contributed by atoms with E-state index in [4.69, 9.17) is 21.3 Å². The van der Waals surface area contributed by atoms with Crippen LogP contribution >= 0.6 is 11.6 Å². The van der Waals surface area contributed by atoms with E-state index in [1.54, 1.807) is 19.4 Å². The van der Waals surface area contributed by atoms with Gasteiger partial charge in [-0.25, -0.2) is 4.98 Å². The van der Waals surface area contributed by atoms with E-state index >= 15 is 0 Å². The summed E-state index contributed by atoms with van der Waals surface area (Å²) in [7, 11) is 1.65. The van der Waals surface area contributed by atoms with Crippen LogP contribution in [0, 0.1) is 0 Å². The van der Waals surface area contributed by atoms with Crippen LogP contribution < -0.4 is 5.56 Å². The minimum Gasteiger partial charge on any atom is -0.380 e. The largest absolute Gasteiger partial charge is 0.380 e. The van der Waals surface area contributed by atoms with E-state index in [1.807, 2.05) is 48.5 Å². The first-order valence-electron chi connectivity index (χ1n) is 9.80. The summed E-state index contributed by atoms with van der Waals surface area (Å²) in [6.07, 6.45) is 1.73. The van der Waals surface area contributed by atoms with Crippen molar-refractivity contribution in [3.8, 4) is 22.4 Å². The summed E-state index contributed by atoms with van der Waals surface area (Å²) < 4.78 is 5.57. The Labute approximate surface area is 183 Å². The number of ether oxygens (including phenoxy) is 1. The Bertz CT molecular complexity index is 1480. The molecule has 0 aliphatic rings. The van der Waals surface area contributed by atoms with Crippen molar-refractivity contribution in [3.05, 3.63) is 93.9 Å². The molecule has 0 saturated carbocycles. The maximum Gasteiger partial charge on any atom is 0.249 e. The van der Waals surface area contributed by atoms with E-state index in [0.29, 0.717) is 17.3 Å². The second-order valence-corrected chi connectivity index (χ2v) is 7.64. The monoisotopic (exact) mass is 427 g/mol. The number of rotatable bonds is 4. The molecule has 0 bridgehead atoms. The van der Waals surface area contributed by atoms with E-state index in [1.165, 1.54) is 6.07 Å². The lowest BCUT2D eigenvalue weighted by atomic mass is 9.92. The number of nitrogens with one attached hydrogen (secondary N) is 1. The van der Waals surface area contributed by atoms with Gasteiger partial charge in [-0.05, 0) is 35.4 Å². The summed E-state index contributed by atoms with van der Waals surface area (Å²) in [5.41, 5.74) is 5.52. The first kappa shape index (κ1) is 19.4. The molecule has 0 amide bonds. The average molecular weight is 428 g/mol. The number of hydrogen-bond acceptors (Lipinski definition) is 4. The molecule has 0 fully saturated rings. The zero-order valence-corrected chi connectivity index (χ0v) is 17.5. The molecule has 0 radical (unpaired) electrons. The van der Waals surface area contributed by atoms with Crippen molar-refractivity contribution in [2.24, 2.45) is 0 Å². The van der Waals surface area contributed by atoms with E-state index < -0.39 is 0 Å². The summed E-state index contributed by atoms with van der Waals surface area (Å²) in [5.74, 6) is 0. The average Bonchev–Trinajstić information content (AvgIpc) is 2.79. The minimum absolute atomic E-state index is 0.199. The maximum atomic E-state index is 12.0. The summed E-state index contributed by atoms with van der Waals surface area (Å²) in [4.78, 5) is 24.1. The van der Waals surface area contributed by atoms with Crippen LogP contribution in [0.3, 0.4) is 0 Å². The summed E-state index contributed by atoms with van der Waals surface area (Å²) >= 11 is 6.62. The molecule has 5 rings (SSSR count). The van der Waals surface area contributed by atoms with Crippen LogP contribution in [0.2, 0.25) is 5.02 Å².